The molecule has 1 aliphatic heterocycles. The number of amides is 1. The minimum atomic E-state index is -1.44. The van der Waals surface area contributed by atoms with Crippen molar-refractivity contribution in [3.8, 4) is 0 Å². The summed E-state index contributed by atoms with van der Waals surface area (Å²) in [5.74, 6) is -3.20. The van der Waals surface area contributed by atoms with E-state index in [4.69, 9.17) is 0 Å². The molecule has 1 atom stereocenters. The number of carbonyl (C=O) groups excluding carboxylic acids is 2. The first-order valence-electron chi connectivity index (χ1n) is 5.72. The summed E-state index contributed by atoms with van der Waals surface area (Å²) < 4.78 is 31.1. The van der Waals surface area contributed by atoms with Gasteiger partial charge in [0.1, 0.15) is 5.41 Å². The Hall–Kier alpha value is -1.98. The number of nitrogens with one attached hydrogen (secondary N) is 1. The van der Waals surface area contributed by atoms with Crippen molar-refractivity contribution in [2.75, 3.05) is 7.11 Å². The van der Waals surface area contributed by atoms with Crippen molar-refractivity contribution >= 4 is 11.9 Å². The summed E-state index contributed by atoms with van der Waals surface area (Å²) in [7, 11) is 1.18. The van der Waals surface area contributed by atoms with E-state index in [1.807, 2.05) is 0 Å². The lowest BCUT2D eigenvalue weighted by Crippen LogP contribution is -2.44. The first-order valence-corrected chi connectivity index (χ1v) is 5.72. The monoisotopic (exact) mass is 269 g/mol. The Morgan fingerprint density at radius 1 is 1.32 bits per heavy atom. The van der Waals surface area contributed by atoms with Crippen molar-refractivity contribution in [1.82, 2.24) is 5.32 Å². The van der Waals surface area contributed by atoms with Gasteiger partial charge in [-0.15, -0.1) is 0 Å². The van der Waals surface area contributed by atoms with Gasteiger partial charge in [-0.3, -0.25) is 9.59 Å². The molecule has 0 radical (unpaired) electrons. The number of rotatable bonds is 1. The molecule has 0 saturated heterocycles. The van der Waals surface area contributed by atoms with Crippen LogP contribution in [0.15, 0.2) is 12.1 Å². The number of benzene rings is 1. The van der Waals surface area contributed by atoms with E-state index in [1.54, 1.807) is 0 Å². The van der Waals surface area contributed by atoms with Crippen LogP contribution < -0.4 is 5.32 Å². The fourth-order valence-corrected chi connectivity index (χ4v) is 2.18. The Balaban J connectivity index is 2.50. The van der Waals surface area contributed by atoms with E-state index in [0.717, 1.165) is 12.1 Å². The van der Waals surface area contributed by atoms with Gasteiger partial charge in [0.2, 0.25) is 5.91 Å². The third kappa shape index (κ3) is 2.18. The Bertz CT molecular complexity index is 559. The summed E-state index contributed by atoms with van der Waals surface area (Å²) in [6.07, 6.45) is -0.0297. The maximum atomic E-state index is 13.3. The number of hydrogen-bond donors (Lipinski definition) is 1. The molecule has 19 heavy (non-hydrogen) atoms. The highest BCUT2D eigenvalue weighted by Gasteiger charge is 2.44. The summed E-state index contributed by atoms with van der Waals surface area (Å²) >= 11 is 0. The third-order valence-corrected chi connectivity index (χ3v) is 3.36. The SMILES string of the molecule is COC(=O)C1(C)Cc2cc(F)c(F)cc2CNC1=O. The van der Waals surface area contributed by atoms with Crippen LogP contribution in [0, 0.1) is 17.0 Å². The van der Waals surface area contributed by atoms with E-state index >= 15 is 0 Å². The molecule has 0 saturated carbocycles. The second-order valence-electron chi connectivity index (χ2n) is 4.72. The standard InChI is InChI=1S/C13H13F2NO3/c1-13(12(18)19-2)5-7-3-9(14)10(15)4-8(7)6-16-11(13)17/h3-4H,5-6H2,1-2H3,(H,16,17). The van der Waals surface area contributed by atoms with E-state index in [0.29, 0.717) is 11.1 Å². The van der Waals surface area contributed by atoms with Crippen LogP contribution in [0.3, 0.4) is 0 Å². The Morgan fingerprint density at radius 3 is 2.47 bits per heavy atom. The van der Waals surface area contributed by atoms with Crippen LogP contribution in [0.4, 0.5) is 8.78 Å². The Kier molecular flexibility index (Phi) is 3.26. The van der Waals surface area contributed by atoms with Gasteiger partial charge in [-0.25, -0.2) is 8.78 Å². The maximum Gasteiger partial charge on any atom is 0.321 e. The number of methoxy groups -OCH3 is 1. The van der Waals surface area contributed by atoms with E-state index in [2.05, 4.69) is 10.1 Å². The molecule has 0 aromatic heterocycles. The van der Waals surface area contributed by atoms with Gasteiger partial charge in [-0.05, 0) is 36.6 Å². The van der Waals surface area contributed by atoms with Crippen LogP contribution in [-0.4, -0.2) is 19.0 Å². The van der Waals surface area contributed by atoms with Crippen LogP contribution in [-0.2, 0) is 27.3 Å². The second-order valence-corrected chi connectivity index (χ2v) is 4.72. The summed E-state index contributed by atoms with van der Waals surface area (Å²) in [5, 5.41) is 2.52. The lowest BCUT2D eigenvalue weighted by molar-refractivity contribution is -0.157. The largest absolute Gasteiger partial charge is 0.468 e. The topological polar surface area (TPSA) is 55.4 Å². The fraction of sp³-hybridized carbons (Fsp3) is 0.385. The molecule has 1 unspecified atom stereocenters. The van der Waals surface area contributed by atoms with Crippen LogP contribution in [0.25, 0.3) is 0 Å². The molecule has 6 heteroatoms. The molecule has 1 aromatic carbocycles. The zero-order valence-electron chi connectivity index (χ0n) is 10.5. The van der Waals surface area contributed by atoms with Gasteiger partial charge >= 0.3 is 5.97 Å². The molecular weight excluding hydrogens is 256 g/mol. The highest BCUT2D eigenvalue weighted by Crippen LogP contribution is 2.30. The molecule has 1 N–H and O–H groups in total. The zero-order valence-corrected chi connectivity index (χ0v) is 10.5. The van der Waals surface area contributed by atoms with Crippen LogP contribution in [0.5, 0.6) is 0 Å². The summed E-state index contributed by atoms with van der Waals surface area (Å²) in [6.45, 7) is 1.47. The zero-order chi connectivity index (χ0) is 14.2. The van der Waals surface area contributed by atoms with Crippen molar-refractivity contribution in [3.63, 3.8) is 0 Å². The molecule has 1 aliphatic rings. The Morgan fingerprint density at radius 2 is 1.89 bits per heavy atom. The highest BCUT2D eigenvalue weighted by atomic mass is 19.2. The first-order chi connectivity index (χ1) is 8.88. The van der Waals surface area contributed by atoms with Crippen molar-refractivity contribution in [2.24, 2.45) is 5.41 Å². The van der Waals surface area contributed by atoms with Gasteiger partial charge in [0.05, 0.1) is 7.11 Å². The van der Waals surface area contributed by atoms with E-state index in [9.17, 15) is 18.4 Å². The molecule has 1 heterocycles. The molecule has 4 nitrogen and oxygen atoms in total. The molecule has 0 spiro atoms. The predicted octanol–water partition coefficient (Wildman–Crippen LogP) is 1.32. The number of hydrogen-bond acceptors (Lipinski definition) is 3. The molecule has 1 aromatic rings. The van der Waals surface area contributed by atoms with Crippen molar-refractivity contribution < 1.29 is 23.1 Å². The number of ether oxygens (including phenoxy) is 1. The molecule has 2 rings (SSSR count). The van der Waals surface area contributed by atoms with Gasteiger partial charge in [0.25, 0.3) is 0 Å². The van der Waals surface area contributed by atoms with Gasteiger partial charge in [0.15, 0.2) is 11.6 Å². The molecule has 0 bridgehead atoms. The third-order valence-electron chi connectivity index (χ3n) is 3.36. The van der Waals surface area contributed by atoms with Crippen molar-refractivity contribution in [2.45, 2.75) is 19.9 Å². The maximum absolute atomic E-state index is 13.3. The number of carbonyl (C=O) groups is 2. The molecule has 1 amide bonds. The predicted molar refractivity (Wildman–Crippen MR) is 62.0 cm³/mol. The van der Waals surface area contributed by atoms with Gasteiger partial charge in [0, 0.05) is 6.54 Å². The molecule has 102 valence electrons. The number of halogens is 2. The normalized spacial score (nSPS) is 22.2. The molecule has 0 aliphatic carbocycles. The van der Waals surface area contributed by atoms with Gasteiger partial charge in [-0.2, -0.15) is 0 Å². The Labute approximate surface area is 108 Å². The lowest BCUT2D eigenvalue weighted by Gasteiger charge is -2.23. The van der Waals surface area contributed by atoms with Crippen molar-refractivity contribution in [1.29, 1.82) is 0 Å². The van der Waals surface area contributed by atoms with Gasteiger partial charge < -0.3 is 10.1 Å². The van der Waals surface area contributed by atoms with Crippen LogP contribution in [0.1, 0.15) is 18.1 Å². The fourth-order valence-electron chi connectivity index (χ4n) is 2.18. The van der Waals surface area contributed by atoms with Crippen LogP contribution in [0.2, 0.25) is 0 Å². The van der Waals surface area contributed by atoms with E-state index in [-0.39, 0.29) is 13.0 Å². The average Bonchev–Trinajstić information content (AvgIpc) is 2.49. The molecular formula is C13H13F2NO3. The summed E-state index contributed by atoms with van der Waals surface area (Å²) in [5.41, 5.74) is -0.561. The smallest absolute Gasteiger partial charge is 0.321 e. The first kappa shape index (κ1) is 13.5. The van der Waals surface area contributed by atoms with Crippen molar-refractivity contribution in [3.05, 3.63) is 34.9 Å². The van der Waals surface area contributed by atoms with E-state index < -0.39 is 28.9 Å². The molecule has 0 fully saturated rings. The lowest BCUT2D eigenvalue weighted by atomic mass is 9.82. The highest BCUT2D eigenvalue weighted by molar-refractivity contribution is 6.02. The van der Waals surface area contributed by atoms with Gasteiger partial charge in [-0.1, -0.05) is 0 Å². The minimum absolute atomic E-state index is 0.0297. The minimum Gasteiger partial charge on any atom is -0.468 e. The van der Waals surface area contributed by atoms with Crippen LogP contribution >= 0.6 is 0 Å². The second kappa shape index (κ2) is 4.60. The number of fused-ring (bicyclic) bond motifs is 1. The quantitative estimate of drug-likeness (QED) is 0.618. The summed E-state index contributed by atoms with van der Waals surface area (Å²) in [4.78, 5) is 23.7. The summed E-state index contributed by atoms with van der Waals surface area (Å²) in [6, 6.07) is 2.06. The number of esters is 1. The van der Waals surface area contributed by atoms with E-state index in [1.165, 1.54) is 14.0 Å². The average molecular weight is 269 g/mol.